The minimum atomic E-state index is 0.308. The Morgan fingerprint density at radius 1 is 1.31 bits per heavy atom. The summed E-state index contributed by atoms with van der Waals surface area (Å²) in [6, 6.07) is 2.16. The Labute approximate surface area is 99.4 Å². The van der Waals surface area contributed by atoms with Crippen molar-refractivity contribution in [1.82, 2.24) is 9.97 Å². The standard InChI is InChI=1S/C12H15N3S/c1-7-4-10(6-14-5-7)8(2)11-9(3)15-12(13)16-11/h4-6,8H,1-3H3,(H2,13,15). The Hall–Kier alpha value is -1.42. The van der Waals surface area contributed by atoms with Crippen LogP contribution in [0.4, 0.5) is 5.13 Å². The second kappa shape index (κ2) is 4.22. The van der Waals surface area contributed by atoms with E-state index in [0.717, 1.165) is 5.69 Å². The van der Waals surface area contributed by atoms with Crippen molar-refractivity contribution in [2.75, 3.05) is 5.73 Å². The molecule has 0 saturated carbocycles. The van der Waals surface area contributed by atoms with Gasteiger partial charge >= 0.3 is 0 Å². The topological polar surface area (TPSA) is 51.8 Å². The van der Waals surface area contributed by atoms with Gasteiger partial charge in [-0.1, -0.05) is 13.0 Å². The number of anilines is 1. The molecule has 0 radical (unpaired) electrons. The van der Waals surface area contributed by atoms with Crippen molar-refractivity contribution >= 4 is 16.5 Å². The van der Waals surface area contributed by atoms with Gasteiger partial charge in [0.2, 0.25) is 0 Å². The number of thiazole rings is 1. The molecule has 0 bridgehead atoms. The number of aryl methyl sites for hydroxylation is 2. The first-order valence-electron chi connectivity index (χ1n) is 5.22. The molecule has 2 aromatic heterocycles. The van der Waals surface area contributed by atoms with Crippen molar-refractivity contribution in [2.24, 2.45) is 0 Å². The van der Waals surface area contributed by atoms with E-state index in [2.05, 4.69) is 29.9 Å². The van der Waals surface area contributed by atoms with E-state index in [1.165, 1.54) is 16.0 Å². The molecule has 0 aliphatic heterocycles. The average molecular weight is 233 g/mol. The monoisotopic (exact) mass is 233 g/mol. The molecule has 16 heavy (non-hydrogen) atoms. The van der Waals surface area contributed by atoms with Gasteiger partial charge in [0.15, 0.2) is 5.13 Å². The summed E-state index contributed by atoms with van der Waals surface area (Å²) in [7, 11) is 0. The van der Waals surface area contributed by atoms with Crippen molar-refractivity contribution in [3.63, 3.8) is 0 Å². The second-order valence-corrected chi connectivity index (χ2v) is 5.08. The van der Waals surface area contributed by atoms with Crippen LogP contribution in [0.15, 0.2) is 18.5 Å². The van der Waals surface area contributed by atoms with Gasteiger partial charge in [-0.2, -0.15) is 0 Å². The molecule has 84 valence electrons. The van der Waals surface area contributed by atoms with E-state index in [-0.39, 0.29) is 0 Å². The van der Waals surface area contributed by atoms with Crippen LogP contribution in [0, 0.1) is 13.8 Å². The Balaban J connectivity index is 2.38. The number of hydrogen-bond acceptors (Lipinski definition) is 4. The van der Waals surface area contributed by atoms with Crippen molar-refractivity contribution in [3.8, 4) is 0 Å². The number of aromatic nitrogens is 2. The Bertz CT molecular complexity index is 505. The first-order chi connectivity index (χ1) is 7.58. The van der Waals surface area contributed by atoms with E-state index in [9.17, 15) is 0 Å². The number of rotatable bonds is 2. The maximum atomic E-state index is 5.72. The maximum Gasteiger partial charge on any atom is 0.180 e. The van der Waals surface area contributed by atoms with Crippen molar-refractivity contribution in [1.29, 1.82) is 0 Å². The lowest BCUT2D eigenvalue weighted by Crippen LogP contribution is -1.97. The lowest BCUT2D eigenvalue weighted by atomic mass is 9.99. The summed E-state index contributed by atoms with van der Waals surface area (Å²) in [6.45, 7) is 6.22. The smallest absolute Gasteiger partial charge is 0.180 e. The number of nitrogen functional groups attached to an aromatic ring is 1. The highest BCUT2D eigenvalue weighted by Gasteiger charge is 2.15. The minimum Gasteiger partial charge on any atom is -0.375 e. The van der Waals surface area contributed by atoms with Gasteiger partial charge in [-0.05, 0) is 25.0 Å². The highest BCUT2D eigenvalue weighted by atomic mass is 32.1. The van der Waals surface area contributed by atoms with E-state index in [0.29, 0.717) is 11.0 Å². The summed E-state index contributed by atoms with van der Waals surface area (Å²) < 4.78 is 0. The molecule has 0 fully saturated rings. The van der Waals surface area contributed by atoms with Gasteiger partial charge in [0.25, 0.3) is 0 Å². The third-order valence-electron chi connectivity index (χ3n) is 2.64. The number of hydrogen-bond donors (Lipinski definition) is 1. The molecule has 0 spiro atoms. The third-order valence-corrected chi connectivity index (χ3v) is 3.81. The van der Waals surface area contributed by atoms with Gasteiger partial charge in [0.1, 0.15) is 0 Å². The van der Waals surface area contributed by atoms with Crippen LogP contribution >= 0.6 is 11.3 Å². The molecule has 0 saturated heterocycles. The average Bonchev–Trinajstić information content (AvgIpc) is 2.57. The molecule has 0 aliphatic carbocycles. The van der Waals surface area contributed by atoms with Gasteiger partial charge < -0.3 is 5.73 Å². The molecule has 0 aliphatic rings. The summed E-state index contributed by atoms with van der Waals surface area (Å²) in [5.41, 5.74) is 9.14. The predicted octanol–water partition coefficient (Wildman–Crippen LogP) is 2.89. The normalized spacial score (nSPS) is 12.7. The first-order valence-corrected chi connectivity index (χ1v) is 6.04. The van der Waals surface area contributed by atoms with Gasteiger partial charge in [-0.3, -0.25) is 4.98 Å². The second-order valence-electron chi connectivity index (χ2n) is 4.02. The molecule has 2 heterocycles. The predicted molar refractivity (Wildman–Crippen MR) is 67.8 cm³/mol. The van der Waals surface area contributed by atoms with E-state index >= 15 is 0 Å². The maximum absolute atomic E-state index is 5.72. The summed E-state index contributed by atoms with van der Waals surface area (Å²) in [4.78, 5) is 9.70. The van der Waals surface area contributed by atoms with Crippen molar-refractivity contribution in [2.45, 2.75) is 26.7 Å². The van der Waals surface area contributed by atoms with Crippen molar-refractivity contribution in [3.05, 3.63) is 40.2 Å². The van der Waals surface area contributed by atoms with Crippen LogP contribution < -0.4 is 5.73 Å². The molecule has 2 rings (SSSR count). The van der Waals surface area contributed by atoms with E-state index in [1.807, 2.05) is 19.3 Å². The summed E-state index contributed by atoms with van der Waals surface area (Å²) in [6.07, 6.45) is 3.77. The van der Waals surface area contributed by atoms with E-state index in [4.69, 9.17) is 5.73 Å². The third kappa shape index (κ3) is 2.07. The Morgan fingerprint density at radius 3 is 2.62 bits per heavy atom. The highest BCUT2D eigenvalue weighted by Crippen LogP contribution is 2.32. The minimum absolute atomic E-state index is 0.308. The number of nitrogens with two attached hydrogens (primary N) is 1. The van der Waals surface area contributed by atoms with E-state index < -0.39 is 0 Å². The van der Waals surface area contributed by atoms with Crippen LogP contribution in [-0.2, 0) is 0 Å². The lowest BCUT2D eigenvalue weighted by Gasteiger charge is -2.10. The quantitative estimate of drug-likeness (QED) is 0.867. The summed E-state index contributed by atoms with van der Waals surface area (Å²) in [5, 5.41) is 0.639. The van der Waals surface area contributed by atoms with Crippen molar-refractivity contribution < 1.29 is 0 Å². The molecule has 3 nitrogen and oxygen atoms in total. The van der Waals surface area contributed by atoms with Crippen LogP contribution in [-0.4, -0.2) is 9.97 Å². The van der Waals surface area contributed by atoms with Gasteiger partial charge in [0.05, 0.1) is 5.69 Å². The van der Waals surface area contributed by atoms with Crippen LogP contribution in [0.3, 0.4) is 0 Å². The van der Waals surface area contributed by atoms with Crippen LogP contribution in [0.5, 0.6) is 0 Å². The van der Waals surface area contributed by atoms with Gasteiger partial charge in [-0.15, -0.1) is 11.3 Å². The zero-order valence-corrected chi connectivity index (χ0v) is 10.5. The Morgan fingerprint density at radius 2 is 2.06 bits per heavy atom. The lowest BCUT2D eigenvalue weighted by molar-refractivity contribution is 0.913. The van der Waals surface area contributed by atoms with E-state index in [1.54, 1.807) is 11.3 Å². The number of pyridine rings is 1. The molecule has 0 aromatic carbocycles. The SMILES string of the molecule is Cc1cncc(C(C)c2sc(N)nc2C)c1. The molecule has 4 heteroatoms. The first kappa shape index (κ1) is 11.1. The summed E-state index contributed by atoms with van der Waals surface area (Å²) in [5.74, 6) is 0.308. The van der Waals surface area contributed by atoms with Gasteiger partial charge in [-0.25, -0.2) is 4.98 Å². The van der Waals surface area contributed by atoms with Crippen LogP contribution in [0.2, 0.25) is 0 Å². The highest BCUT2D eigenvalue weighted by molar-refractivity contribution is 7.15. The largest absolute Gasteiger partial charge is 0.375 e. The summed E-state index contributed by atoms with van der Waals surface area (Å²) >= 11 is 1.56. The van der Waals surface area contributed by atoms with Crippen LogP contribution in [0.1, 0.15) is 34.5 Å². The molecular formula is C12H15N3S. The molecule has 1 unspecified atom stereocenters. The molecule has 2 aromatic rings. The fraction of sp³-hybridized carbons (Fsp3) is 0.333. The zero-order chi connectivity index (χ0) is 11.7. The van der Waals surface area contributed by atoms with Gasteiger partial charge in [0, 0.05) is 23.2 Å². The number of nitrogens with zero attached hydrogens (tertiary/aromatic N) is 2. The molecule has 2 N–H and O–H groups in total. The fourth-order valence-corrected chi connectivity index (χ4v) is 2.71. The molecule has 0 amide bonds. The molecular weight excluding hydrogens is 218 g/mol. The fourth-order valence-electron chi connectivity index (χ4n) is 1.80. The van der Waals surface area contributed by atoms with Crippen LogP contribution in [0.25, 0.3) is 0 Å². The Kier molecular flexibility index (Phi) is 2.92. The zero-order valence-electron chi connectivity index (χ0n) is 9.69. The molecule has 1 atom stereocenters.